The van der Waals surface area contributed by atoms with E-state index in [1.807, 2.05) is 24.3 Å². The Morgan fingerprint density at radius 2 is 2.09 bits per heavy atom. The van der Waals surface area contributed by atoms with Crippen LogP contribution in [0, 0.1) is 0 Å². The molecule has 0 saturated heterocycles. The smallest absolute Gasteiger partial charge is 0.253 e. The van der Waals surface area contributed by atoms with Gasteiger partial charge in [-0.25, -0.2) is 9.97 Å². The number of aromatic nitrogens is 3. The quantitative estimate of drug-likeness (QED) is 0.785. The highest BCUT2D eigenvalue weighted by Gasteiger charge is 2.11. The van der Waals surface area contributed by atoms with Crippen molar-refractivity contribution in [3.63, 3.8) is 0 Å². The maximum Gasteiger partial charge on any atom is 0.253 e. The number of ether oxygens (including phenoxy) is 1. The third kappa shape index (κ3) is 3.01. The summed E-state index contributed by atoms with van der Waals surface area (Å²) in [5.41, 5.74) is 2.50. The van der Waals surface area contributed by atoms with Gasteiger partial charge in [-0.15, -0.1) is 0 Å². The van der Waals surface area contributed by atoms with E-state index in [-0.39, 0.29) is 5.91 Å². The first-order valence-corrected chi connectivity index (χ1v) is 7.45. The fourth-order valence-corrected chi connectivity index (χ4v) is 2.51. The standard InChI is InChI=1S/C17H18N4O2/c1-3-21-14-7-5-4-6-13(14)20-15(21)11-19-17(22)12-8-9-16(23-2)18-10-12/h4-10H,3,11H2,1-2H3,(H,19,22). The van der Waals surface area contributed by atoms with Gasteiger partial charge in [0.15, 0.2) is 0 Å². The fourth-order valence-electron chi connectivity index (χ4n) is 2.51. The molecule has 1 amide bonds. The van der Waals surface area contributed by atoms with Crippen molar-refractivity contribution in [1.82, 2.24) is 19.9 Å². The molecule has 0 radical (unpaired) electrons. The zero-order chi connectivity index (χ0) is 16.2. The number of aryl methyl sites for hydroxylation is 1. The van der Waals surface area contributed by atoms with E-state index in [4.69, 9.17) is 4.74 Å². The molecule has 1 aromatic carbocycles. The number of amides is 1. The first-order chi connectivity index (χ1) is 11.2. The molecule has 23 heavy (non-hydrogen) atoms. The minimum atomic E-state index is -0.185. The largest absolute Gasteiger partial charge is 0.481 e. The van der Waals surface area contributed by atoms with Gasteiger partial charge in [-0.3, -0.25) is 4.79 Å². The van der Waals surface area contributed by atoms with Crippen LogP contribution in [0.2, 0.25) is 0 Å². The number of benzene rings is 1. The van der Waals surface area contributed by atoms with Gasteiger partial charge in [0, 0.05) is 18.8 Å². The molecule has 0 aliphatic heterocycles. The second-order valence-electron chi connectivity index (χ2n) is 5.03. The van der Waals surface area contributed by atoms with Crippen molar-refractivity contribution >= 4 is 16.9 Å². The summed E-state index contributed by atoms with van der Waals surface area (Å²) in [6.45, 7) is 3.23. The monoisotopic (exact) mass is 310 g/mol. The molecule has 0 bridgehead atoms. The summed E-state index contributed by atoms with van der Waals surface area (Å²) in [6.07, 6.45) is 1.50. The van der Waals surface area contributed by atoms with E-state index in [0.717, 1.165) is 23.4 Å². The summed E-state index contributed by atoms with van der Waals surface area (Å²) < 4.78 is 7.09. The average Bonchev–Trinajstić information content (AvgIpc) is 2.97. The highest BCUT2D eigenvalue weighted by molar-refractivity contribution is 5.93. The van der Waals surface area contributed by atoms with Gasteiger partial charge >= 0.3 is 0 Å². The molecule has 3 rings (SSSR count). The number of carbonyl (C=O) groups is 1. The first-order valence-electron chi connectivity index (χ1n) is 7.45. The van der Waals surface area contributed by atoms with Crippen LogP contribution in [0.15, 0.2) is 42.6 Å². The molecular weight excluding hydrogens is 292 g/mol. The molecule has 1 N–H and O–H groups in total. The Kier molecular flexibility index (Phi) is 4.23. The Bertz CT molecular complexity index is 824. The van der Waals surface area contributed by atoms with Crippen molar-refractivity contribution in [1.29, 1.82) is 0 Å². The molecule has 3 aromatic rings. The Morgan fingerprint density at radius 3 is 2.78 bits per heavy atom. The van der Waals surface area contributed by atoms with Gasteiger partial charge in [0.2, 0.25) is 5.88 Å². The SMILES string of the molecule is CCn1c(CNC(=O)c2ccc(OC)nc2)nc2ccccc21. The maximum atomic E-state index is 12.2. The highest BCUT2D eigenvalue weighted by Crippen LogP contribution is 2.16. The molecule has 6 heteroatoms. The molecule has 0 fully saturated rings. The number of fused-ring (bicyclic) bond motifs is 1. The lowest BCUT2D eigenvalue weighted by Gasteiger charge is -2.08. The van der Waals surface area contributed by atoms with Gasteiger partial charge in [0.1, 0.15) is 5.82 Å². The molecular formula is C17H18N4O2. The molecule has 2 heterocycles. The number of nitrogens with zero attached hydrogens (tertiary/aromatic N) is 3. The van der Waals surface area contributed by atoms with Crippen LogP contribution in [-0.2, 0) is 13.1 Å². The predicted molar refractivity (Wildman–Crippen MR) is 87.4 cm³/mol. The van der Waals surface area contributed by atoms with Crippen molar-refractivity contribution in [3.8, 4) is 5.88 Å². The molecule has 6 nitrogen and oxygen atoms in total. The Balaban J connectivity index is 1.75. The number of imidazole rings is 1. The van der Waals surface area contributed by atoms with Crippen LogP contribution in [0.1, 0.15) is 23.1 Å². The van der Waals surface area contributed by atoms with Crippen LogP contribution < -0.4 is 10.1 Å². The zero-order valence-corrected chi connectivity index (χ0v) is 13.1. The van der Waals surface area contributed by atoms with Crippen molar-refractivity contribution in [3.05, 3.63) is 54.0 Å². The number of para-hydroxylation sites is 2. The van der Waals surface area contributed by atoms with Crippen LogP contribution in [0.3, 0.4) is 0 Å². The van der Waals surface area contributed by atoms with E-state index in [1.165, 1.54) is 13.3 Å². The van der Waals surface area contributed by atoms with E-state index >= 15 is 0 Å². The van der Waals surface area contributed by atoms with Crippen molar-refractivity contribution in [2.75, 3.05) is 7.11 Å². The number of hydrogen-bond acceptors (Lipinski definition) is 4. The summed E-state index contributed by atoms with van der Waals surface area (Å²) in [4.78, 5) is 20.8. The number of nitrogens with one attached hydrogen (secondary N) is 1. The maximum absolute atomic E-state index is 12.2. The Labute approximate surface area is 134 Å². The van der Waals surface area contributed by atoms with Crippen molar-refractivity contribution in [2.24, 2.45) is 0 Å². The van der Waals surface area contributed by atoms with Gasteiger partial charge < -0.3 is 14.6 Å². The fraction of sp³-hybridized carbons (Fsp3) is 0.235. The summed E-state index contributed by atoms with van der Waals surface area (Å²) in [5.74, 6) is 1.13. The number of pyridine rings is 1. The van der Waals surface area contributed by atoms with Crippen molar-refractivity contribution < 1.29 is 9.53 Å². The summed E-state index contributed by atoms with van der Waals surface area (Å²) in [6, 6.07) is 11.3. The second kappa shape index (κ2) is 6.48. The number of carbonyl (C=O) groups excluding carboxylic acids is 1. The Morgan fingerprint density at radius 1 is 1.26 bits per heavy atom. The average molecular weight is 310 g/mol. The molecule has 0 saturated carbocycles. The van der Waals surface area contributed by atoms with Crippen LogP contribution in [0.25, 0.3) is 11.0 Å². The van der Waals surface area contributed by atoms with E-state index in [0.29, 0.717) is 18.0 Å². The van der Waals surface area contributed by atoms with Crippen LogP contribution in [-0.4, -0.2) is 27.6 Å². The van der Waals surface area contributed by atoms with Gasteiger partial charge in [-0.1, -0.05) is 12.1 Å². The molecule has 0 aliphatic carbocycles. The first kappa shape index (κ1) is 15.0. The van der Waals surface area contributed by atoms with E-state index in [1.54, 1.807) is 12.1 Å². The highest BCUT2D eigenvalue weighted by atomic mass is 16.5. The zero-order valence-electron chi connectivity index (χ0n) is 13.1. The van der Waals surface area contributed by atoms with Crippen LogP contribution in [0.4, 0.5) is 0 Å². The van der Waals surface area contributed by atoms with E-state index in [2.05, 4.69) is 26.8 Å². The minimum absolute atomic E-state index is 0.185. The molecule has 0 spiro atoms. The molecule has 0 unspecified atom stereocenters. The van der Waals surface area contributed by atoms with Crippen LogP contribution >= 0.6 is 0 Å². The van der Waals surface area contributed by atoms with Crippen molar-refractivity contribution in [2.45, 2.75) is 20.0 Å². The lowest BCUT2D eigenvalue weighted by atomic mass is 10.2. The topological polar surface area (TPSA) is 69.0 Å². The predicted octanol–water partition coefficient (Wildman–Crippen LogP) is 2.39. The van der Waals surface area contributed by atoms with Gasteiger partial charge in [-0.05, 0) is 25.1 Å². The summed E-state index contributed by atoms with van der Waals surface area (Å²) in [7, 11) is 1.54. The lowest BCUT2D eigenvalue weighted by Crippen LogP contribution is -2.24. The summed E-state index contributed by atoms with van der Waals surface area (Å²) >= 11 is 0. The van der Waals surface area contributed by atoms with Gasteiger partial charge in [0.25, 0.3) is 5.91 Å². The minimum Gasteiger partial charge on any atom is -0.481 e. The van der Waals surface area contributed by atoms with Crippen LogP contribution in [0.5, 0.6) is 5.88 Å². The Hall–Kier alpha value is -2.89. The third-order valence-corrected chi connectivity index (χ3v) is 3.66. The number of hydrogen-bond donors (Lipinski definition) is 1. The van der Waals surface area contributed by atoms with Gasteiger partial charge in [0.05, 0.1) is 30.3 Å². The molecule has 0 atom stereocenters. The normalized spacial score (nSPS) is 10.7. The number of methoxy groups -OCH3 is 1. The van der Waals surface area contributed by atoms with E-state index in [9.17, 15) is 4.79 Å². The molecule has 118 valence electrons. The third-order valence-electron chi connectivity index (χ3n) is 3.66. The molecule has 2 aromatic heterocycles. The lowest BCUT2D eigenvalue weighted by molar-refractivity contribution is 0.0949. The van der Waals surface area contributed by atoms with Gasteiger partial charge in [-0.2, -0.15) is 0 Å². The summed E-state index contributed by atoms with van der Waals surface area (Å²) in [5, 5.41) is 2.89. The number of rotatable bonds is 5. The second-order valence-corrected chi connectivity index (χ2v) is 5.03. The molecule has 0 aliphatic rings. The van der Waals surface area contributed by atoms with E-state index < -0.39 is 0 Å².